The highest BCUT2D eigenvalue weighted by Crippen LogP contribution is 2.33. The van der Waals surface area contributed by atoms with Gasteiger partial charge in [0.15, 0.2) is 0 Å². The Morgan fingerprint density at radius 3 is 2.28 bits per heavy atom. The van der Waals surface area contributed by atoms with Crippen molar-refractivity contribution in [2.45, 2.75) is 26.7 Å². The third-order valence-electron chi connectivity index (χ3n) is 3.82. The van der Waals surface area contributed by atoms with E-state index in [2.05, 4.69) is 5.32 Å². The van der Waals surface area contributed by atoms with Gasteiger partial charge in [0.1, 0.15) is 0 Å². The quantitative estimate of drug-likeness (QED) is 0.773. The number of carbonyl (C=O) groups is 2. The largest absolute Gasteiger partial charge is 0.326 e. The summed E-state index contributed by atoms with van der Waals surface area (Å²) in [5.41, 5.74) is 2.29. The van der Waals surface area contributed by atoms with Crippen LogP contribution in [-0.2, 0) is 16.0 Å². The van der Waals surface area contributed by atoms with Gasteiger partial charge in [0, 0.05) is 25.6 Å². The van der Waals surface area contributed by atoms with Crippen molar-refractivity contribution in [2.75, 3.05) is 16.8 Å². The average molecular weight is 379 g/mol. The molecule has 2 aromatic rings. The van der Waals surface area contributed by atoms with E-state index in [1.54, 1.807) is 18.2 Å². The van der Waals surface area contributed by atoms with Crippen molar-refractivity contribution in [1.82, 2.24) is 0 Å². The van der Waals surface area contributed by atoms with Gasteiger partial charge in [0.2, 0.25) is 11.8 Å². The van der Waals surface area contributed by atoms with Gasteiger partial charge in [-0.05, 0) is 30.2 Å². The molecule has 4 nitrogen and oxygen atoms in total. The monoisotopic (exact) mass is 378 g/mol. The molecular weight excluding hydrogens is 359 g/mol. The van der Waals surface area contributed by atoms with E-state index in [4.69, 9.17) is 23.2 Å². The lowest BCUT2D eigenvalue weighted by molar-refractivity contribution is -0.117. The molecule has 0 spiro atoms. The first-order valence-electron chi connectivity index (χ1n) is 8.04. The Hall–Kier alpha value is -2.04. The molecule has 0 atom stereocenters. The maximum absolute atomic E-state index is 12.3. The number of hydrogen-bond donors (Lipinski definition) is 1. The van der Waals surface area contributed by atoms with Crippen LogP contribution in [0.3, 0.4) is 0 Å². The maximum atomic E-state index is 12.3. The second-order valence-corrected chi connectivity index (χ2v) is 6.36. The van der Waals surface area contributed by atoms with Gasteiger partial charge in [0.05, 0.1) is 15.7 Å². The van der Waals surface area contributed by atoms with Gasteiger partial charge in [0.25, 0.3) is 0 Å². The zero-order valence-corrected chi connectivity index (χ0v) is 15.7. The number of benzene rings is 2. The van der Waals surface area contributed by atoms with Gasteiger partial charge >= 0.3 is 0 Å². The zero-order chi connectivity index (χ0) is 18.4. The summed E-state index contributed by atoms with van der Waals surface area (Å²) >= 11 is 12.3. The summed E-state index contributed by atoms with van der Waals surface area (Å²) in [6.45, 7) is 3.64. The number of para-hydroxylation sites is 2. The van der Waals surface area contributed by atoms with Crippen LogP contribution in [0.25, 0.3) is 0 Å². The molecule has 2 amide bonds. The van der Waals surface area contributed by atoms with Crippen LogP contribution in [0.4, 0.5) is 11.4 Å². The van der Waals surface area contributed by atoms with Crippen molar-refractivity contribution in [3.05, 3.63) is 58.1 Å². The maximum Gasteiger partial charge on any atom is 0.226 e. The smallest absolute Gasteiger partial charge is 0.226 e. The lowest BCUT2D eigenvalue weighted by atomic mass is 10.1. The van der Waals surface area contributed by atoms with Crippen LogP contribution in [-0.4, -0.2) is 18.4 Å². The predicted octanol–water partition coefficient (Wildman–Crippen LogP) is 4.94. The Bertz CT molecular complexity index is 758. The fourth-order valence-electron chi connectivity index (χ4n) is 2.55. The molecule has 0 bridgehead atoms. The standard InChI is InChI=1S/C19H20Cl2N2O2/c1-3-14-7-4-5-10-17(14)22-18(25)11-12-23(13(2)24)19-15(20)8-6-9-16(19)21/h4-10H,3,11-12H2,1-2H3,(H,22,25). The van der Waals surface area contributed by atoms with E-state index >= 15 is 0 Å². The van der Waals surface area contributed by atoms with Crippen LogP contribution in [0.1, 0.15) is 25.8 Å². The minimum absolute atomic E-state index is 0.138. The summed E-state index contributed by atoms with van der Waals surface area (Å²) in [7, 11) is 0. The minimum atomic E-state index is -0.225. The summed E-state index contributed by atoms with van der Waals surface area (Å²) in [6.07, 6.45) is 0.963. The van der Waals surface area contributed by atoms with Crippen LogP contribution in [0, 0.1) is 0 Å². The molecule has 0 saturated heterocycles. The molecule has 2 rings (SSSR count). The molecule has 0 aliphatic rings. The van der Waals surface area contributed by atoms with Crippen molar-refractivity contribution in [1.29, 1.82) is 0 Å². The first kappa shape index (κ1) is 19.3. The van der Waals surface area contributed by atoms with Gasteiger partial charge < -0.3 is 10.2 Å². The molecule has 1 N–H and O–H groups in total. The summed E-state index contributed by atoms with van der Waals surface area (Å²) < 4.78 is 0. The predicted molar refractivity (Wildman–Crippen MR) is 104 cm³/mol. The van der Waals surface area contributed by atoms with Gasteiger partial charge in [-0.25, -0.2) is 0 Å². The zero-order valence-electron chi connectivity index (χ0n) is 14.2. The summed E-state index contributed by atoms with van der Waals surface area (Å²) in [6, 6.07) is 12.7. The SMILES string of the molecule is CCc1ccccc1NC(=O)CCN(C(C)=O)c1c(Cl)cccc1Cl. The molecule has 0 unspecified atom stereocenters. The number of aryl methyl sites for hydroxylation is 1. The van der Waals surface area contributed by atoms with Crippen molar-refractivity contribution in [3.63, 3.8) is 0 Å². The molecule has 0 heterocycles. The first-order chi connectivity index (χ1) is 11.9. The molecule has 6 heteroatoms. The topological polar surface area (TPSA) is 49.4 Å². The van der Waals surface area contributed by atoms with Crippen LogP contribution < -0.4 is 10.2 Å². The molecule has 0 aliphatic carbocycles. The normalized spacial score (nSPS) is 10.4. The van der Waals surface area contributed by atoms with Crippen LogP contribution in [0.5, 0.6) is 0 Å². The Kier molecular flexibility index (Phi) is 6.85. The van der Waals surface area contributed by atoms with Crippen LogP contribution >= 0.6 is 23.2 Å². The van der Waals surface area contributed by atoms with Crippen LogP contribution in [0.15, 0.2) is 42.5 Å². The van der Waals surface area contributed by atoms with Crippen molar-refractivity contribution in [2.24, 2.45) is 0 Å². The number of amides is 2. The highest BCUT2D eigenvalue weighted by atomic mass is 35.5. The molecule has 0 radical (unpaired) electrons. The highest BCUT2D eigenvalue weighted by molar-refractivity contribution is 6.39. The van der Waals surface area contributed by atoms with Crippen LogP contribution in [0.2, 0.25) is 10.0 Å². The second-order valence-electron chi connectivity index (χ2n) is 5.55. The van der Waals surface area contributed by atoms with Gasteiger partial charge in [-0.3, -0.25) is 9.59 Å². The highest BCUT2D eigenvalue weighted by Gasteiger charge is 2.19. The number of hydrogen-bond acceptors (Lipinski definition) is 2. The molecule has 0 saturated carbocycles. The van der Waals surface area contributed by atoms with Gasteiger partial charge in [-0.1, -0.05) is 54.4 Å². The number of anilines is 2. The number of carbonyl (C=O) groups excluding carboxylic acids is 2. The Morgan fingerprint density at radius 1 is 1.04 bits per heavy atom. The lowest BCUT2D eigenvalue weighted by Crippen LogP contribution is -2.32. The van der Waals surface area contributed by atoms with E-state index in [1.807, 2.05) is 31.2 Å². The lowest BCUT2D eigenvalue weighted by Gasteiger charge is -2.23. The van der Waals surface area contributed by atoms with Crippen molar-refractivity contribution < 1.29 is 9.59 Å². The third kappa shape index (κ3) is 4.97. The van der Waals surface area contributed by atoms with E-state index < -0.39 is 0 Å². The summed E-state index contributed by atoms with van der Waals surface area (Å²) in [5.74, 6) is -0.396. The molecule has 0 fully saturated rings. The van der Waals surface area contributed by atoms with E-state index in [-0.39, 0.29) is 24.8 Å². The fourth-order valence-corrected chi connectivity index (χ4v) is 3.15. The molecule has 0 aliphatic heterocycles. The number of rotatable bonds is 6. The van der Waals surface area contributed by atoms with E-state index in [0.29, 0.717) is 15.7 Å². The Morgan fingerprint density at radius 2 is 1.68 bits per heavy atom. The average Bonchev–Trinajstić information content (AvgIpc) is 2.57. The first-order valence-corrected chi connectivity index (χ1v) is 8.79. The molecule has 0 aromatic heterocycles. The van der Waals surface area contributed by atoms with Gasteiger partial charge in [-0.2, -0.15) is 0 Å². The second kappa shape index (κ2) is 8.88. The van der Waals surface area contributed by atoms with E-state index in [0.717, 1.165) is 17.7 Å². The van der Waals surface area contributed by atoms with Gasteiger partial charge in [-0.15, -0.1) is 0 Å². The minimum Gasteiger partial charge on any atom is -0.326 e. The number of nitrogens with one attached hydrogen (secondary N) is 1. The number of halogens is 2. The van der Waals surface area contributed by atoms with E-state index in [9.17, 15) is 9.59 Å². The Labute approximate surface area is 157 Å². The number of nitrogens with zero attached hydrogens (tertiary/aromatic N) is 1. The van der Waals surface area contributed by atoms with Crippen molar-refractivity contribution in [3.8, 4) is 0 Å². The van der Waals surface area contributed by atoms with Crippen molar-refractivity contribution >= 4 is 46.4 Å². The molecule has 25 heavy (non-hydrogen) atoms. The molecular formula is C19H20Cl2N2O2. The third-order valence-corrected chi connectivity index (χ3v) is 4.43. The molecule has 2 aromatic carbocycles. The van der Waals surface area contributed by atoms with E-state index in [1.165, 1.54) is 11.8 Å². The Balaban J connectivity index is 2.09. The summed E-state index contributed by atoms with van der Waals surface area (Å²) in [5, 5.41) is 3.64. The molecule has 132 valence electrons. The fraction of sp³-hybridized carbons (Fsp3) is 0.263. The summed E-state index contributed by atoms with van der Waals surface area (Å²) in [4.78, 5) is 25.7.